The van der Waals surface area contributed by atoms with Gasteiger partial charge in [-0.25, -0.2) is 9.59 Å². The second-order valence-electron chi connectivity index (χ2n) is 9.46. The van der Waals surface area contributed by atoms with Crippen LogP contribution in [0.1, 0.15) is 72.1 Å². The van der Waals surface area contributed by atoms with Crippen molar-refractivity contribution < 1.29 is 57.8 Å². The molecule has 0 saturated carbocycles. The van der Waals surface area contributed by atoms with E-state index in [4.69, 9.17) is 45.3 Å². The molecule has 3 atom stereocenters. The molecule has 0 heterocycles. The fraction of sp³-hybridized carbons (Fsp3) is 0.826. The van der Waals surface area contributed by atoms with Crippen LogP contribution in [0.15, 0.2) is 0 Å². The Bertz CT molecular complexity index is 808. The van der Waals surface area contributed by atoms with Crippen molar-refractivity contribution in [1.29, 1.82) is 0 Å². The number of carboxylic acid groups (broad SMARTS) is 1. The first-order chi connectivity index (χ1) is 18.2. The van der Waals surface area contributed by atoms with Crippen LogP contribution in [0, 0.1) is 0 Å². The number of rotatable bonds is 21. The number of aliphatic hydroxyl groups is 2. The maximum atomic E-state index is 12.2. The van der Waals surface area contributed by atoms with Crippen molar-refractivity contribution >= 4 is 53.8 Å². The highest BCUT2D eigenvalue weighted by Crippen LogP contribution is 2.53. The molecule has 0 aromatic carbocycles. The Balaban J connectivity index is 4.99. The fourth-order valence-corrected chi connectivity index (χ4v) is 4.27. The van der Waals surface area contributed by atoms with Crippen molar-refractivity contribution in [3.8, 4) is 0 Å². The quantitative estimate of drug-likeness (QED) is 0.0415. The number of carboxylic acids is 1. The van der Waals surface area contributed by atoms with Gasteiger partial charge in [0, 0.05) is 26.1 Å². The van der Waals surface area contributed by atoms with Crippen molar-refractivity contribution in [2.75, 3.05) is 33.0 Å². The molecule has 0 aliphatic carbocycles. The first-order valence-electron chi connectivity index (χ1n) is 12.6. The summed E-state index contributed by atoms with van der Waals surface area (Å²) in [6.45, 7) is 3.66. The normalized spacial score (nSPS) is 14.5. The van der Waals surface area contributed by atoms with Gasteiger partial charge in [0.2, 0.25) is 5.69 Å². The molecule has 0 aromatic heterocycles. The highest BCUT2D eigenvalue weighted by Gasteiger charge is 2.28. The summed E-state index contributed by atoms with van der Waals surface area (Å²) in [5.41, 5.74) is -4.23. The van der Waals surface area contributed by atoms with Crippen LogP contribution in [0.25, 0.3) is 0 Å². The van der Waals surface area contributed by atoms with Crippen molar-refractivity contribution in [2.24, 2.45) is 0 Å². The van der Waals surface area contributed by atoms with E-state index in [9.17, 15) is 24.3 Å². The fourth-order valence-electron chi connectivity index (χ4n) is 2.74. The Hall–Kier alpha value is -1.48. The molecule has 0 aromatic rings. The Morgan fingerprint density at radius 1 is 0.872 bits per heavy atom. The van der Waals surface area contributed by atoms with Crippen LogP contribution < -0.4 is 5.32 Å². The van der Waals surface area contributed by atoms with Gasteiger partial charge < -0.3 is 43.9 Å². The van der Waals surface area contributed by atoms with E-state index in [0.717, 1.165) is 0 Å². The van der Waals surface area contributed by atoms with Gasteiger partial charge in [-0.3, -0.25) is 9.59 Å². The van der Waals surface area contributed by atoms with Gasteiger partial charge in [-0.05, 0) is 58.3 Å². The molecule has 0 aliphatic rings. The van der Waals surface area contributed by atoms with Gasteiger partial charge >= 0.3 is 24.0 Å². The molecule has 228 valence electrons. The van der Waals surface area contributed by atoms with Crippen LogP contribution in [0.2, 0.25) is 0 Å². The minimum atomic E-state index is -3.38. The summed E-state index contributed by atoms with van der Waals surface area (Å²) >= 11 is 9.36. The van der Waals surface area contributed by atoms with Crippen molar-refractivity contribution in [1.82, 2.24) is 5.32 Å². The number of carbonyl (C=O) groups excluding carboxylic acids is 3. The number of unbranched alkanes of at least 4 members (excludes halogenated alkanes) is 4. The van der Waals surface area contributed by atoms with Crippen LogP contribution >= 0.6 is 17.9 Å². The van der Waals surface area contributed by atoms with E-state index in [1.165, 1.54) is 0 Å². The Kier molecular flexibility index (Phi) is 19.6. The first kappa shape index (κ1) is 37.5. The smallest absolute Gasteiger partial charge is 0.408 e. The summed E-state index contributed by atoms with van der Waals surface area (Å²) in [7, 11) is 0. The molecule has 0 fully saturated rings. The number of alkyl carbamates (subject to hydrolysis) is 1. The number of hydrogen-bond acceptors (Lipinski definition) is 12. The number of thiol groups is 1. The van der Waals surface area contributed by atoms with Gasteiger partial charge in [-0.15, -0.1) is 0 Å². The predicted octanol–water partition coefficient (Wildman–Crippen LogP) is 2.71. The number of carbonyl (C=O) groups is 4. The van der Waals surface area contributed by atoms with Crippen LogP contribution in [-0.2, 0) is 49.4 Å². The lowest BCUT2D eigenvalue weighted by molar-refractivity contribution is -0.161. The Morgan fingerprint density at radius 3 is 1.92 bits per heavy atom. The number of aliphatic hydroxyl groups excluding tert-OH is 2. The van der Waals surface area contributed by atoms with Crippen LogP contribution in [0.4, 0.5) is 4.79 Å². The largest absolute Gasteiger partial charge is 0.480 e. The minimum absolute atomic E-state index is 0.0162. The highest BCUT2D eigenvalue weighted by atomic mass is 32.9. The van der Waals surface area contributed by atoms with E-state index in [2.05, 4.69) is 17.6 Å². The molecule has 0 aliphatic heterocycles. The van der Waals surface area contributed by atoms with E-state index >= 15 is 0 Å². The molecule has 0 saturated heterocycles. The summed E-state index contributed by atoms with van der Waals surface area (Å²) in [6.07, 6.45) is 1.62. The lowest BCUT2D eigenvalue weighted by Gasteiger charge is -2.24. The molecule has 0 spiro atoms. The number of ether oxygens (including phenoxy) is 3. The standard InChI is InChI=1S/C23H42NO12PS2/c1-23(2,3)36-22(31)24-18(21(29)30)16-34-37(38,39)33-15-17(35-20(28)11-7-5-9-13-26)14-32-19(27)10-6-4-8-12-25/h17-18,25-26H,4-16H2,1-3H3,(H,24,31)(H,29,30)(H,38,39)/t17-,18+/m1/s1. The topological polar surface area (TPSA) is 187 Å². The van der Waals surface area contributed by atoms with Gasteiger partial charge in [-0.1, -0.05) is 25.1 Å². The summed E-state index contributed by atoms with van der Waals surface area (Å²) in [5, 5.41) is 29.2. The second-order valence-corrected chi connectivity index (χ2v) is 14.7. The average Bonchev–Trinajstić information content (AvgIpc) is 2.82. The molecule has 39 heavy (non-hydrogen) atoms. The molecule has 13 nitrogen and oxygen atoms in total. The van der Waals surface area contributed by atoms with Gasteiger partial charge in [-0.2, -0.15) is 0 Å². The number of esters is 2. The van der Waals surface area contributed by atoms with Gasteiger partial charge in [0.1, 0.15) is 12.2 Å². The Labute approximate surface area is 239 Å². The zero-order valence-electron chi connectivity index (χ0n) is 22.7. The third kappa shape index (κ3) is 22.0. The molecule has 4 N–H and O–H groups in total. The summed E-state index contributed by atoms with van der Waals surface area (Å²) in [4.78, 5) is 47.7. The van der Waals surface area contributed by atoms with E-state index in [-0.39, 0.29) is 39.3 Å². The third-order valence-corrected chi connectivity index (χ3v) is 6.90. The SMILES string of the molecule is CC(C)(C)OC(=O)N[C@@H](COP(=S)(S)OC[C@@H](COC(=O)CCCCCO)OC(=O)CCCCCO)C(=O)O. The lowest BCUT2D eigenvalue weighted by atomic mass is 10.2. The minimum Gasteiger partial charge on any atom is -0.480 e. The van der Waals surface area contributed by atoms with E-state index in [1.54, 1.807) is 20.8 Å². The van der Waals surface area contributed by atoms with E-state index in [0.29, 0.717) is 38.5 Å². The zero-order chi connectivity index (χ0) is 29.9. The molecule has 1 amide bonds. The number of amides is 1. The third-order valence-electron chi connectivity index (χ3n) is 4.62. The molecular formula is C23H42NO12PS2. The summed E-state index contributed by atoms with van der Waals surface area (Å²) in [6, 6.07) is -1.50. The number of hydrogen-bond donors (Lipinski definition) is 5. The van der Waals surface area contributed by atoms with Crippen molar-refractivity contribution in [3.05, 3.63) is 0 Å². The summed E-state index contributed by atoms with van der Waals surface area (Å²) in [5.74, 6) is -2.49. The summed E-state index contributed by atoms with van der Waals surface area (Å²) < 4.78 is 26.4. The second kappa shape index (κ2) is 20.4. The van der Waals surface area contributed by atoms with Crippen molar-refractivity contribution in [3.63, 3.8) is 0 Å². The molecule has 16 heteroatoms. The molecule has 0 bridgehead atoms. The predicted molar refractivity (Wildman–Crippen MR) is 148 cm³/mol. The number of aliphatic carboxylic acids is 1. The van der Waals surface area contributed by atoms with E-state index in [1.807, 2.05) is 0 Å². The highest BCUT2D eigenvalue weighted by molar-refractivity contribution is 8.60. The van der Waals surface area contributed by atoms with Crippen LogP contribution in [0.3, 0.4) is 0 Å². The van der Waals surface area contributed by atoms with E-state index < -0.39 is 54.0 Å². The zero-order valence-corrected chi connectivity index (χ0v) is 25.3. The molecule has 0 rings (SSSR count). The molecule has 1 unspecified atom stereocenters. The Morgan fingerprint density at radius 2 is 1.41 bits per heavy atom. The molecular weight excluding hydrogens is 577 g/mol. The average molecular weight is 620 g/mol. The van der Waals surface area contributed by atoms with Gasteiger partial charge in [0.05, 0.1) is 13.2 Å². The van der Waals surface area contributed by atoms with Crippen LogP contribution in [0.5, 0.6) is 0 Å². The first-order valence-corrected chi connectivity index (χ1v) is 16.4. The number of nitrogens with one attached hydrogen (secondary N) is 1. The van der Waals surface area contributed by atoms with Gasteiger partial charge in [0.15, 0.2) is 12.1 Å². The maximum Gasteiger partial charge on any atom is 0.408 e. The maximum absolute atomic E-state index is 12.2. The molecule has 0 radical (unpaired) electrons. The van der Waals surface area contributed by atoms with Crippen LogP contribution in [-0.4, -0.2) is 90.1 Å². The monoisotopic (exact) mass is 619 g/mol. The van der Waals surface area contributed by atoms with Crippen molar-refractivity contribution in [2.45, 2.75) is 89.9 Å². The van der Waals surface area contributed by atoms with Gasteiger partial charge in [0.25, 0.3) is 0 Å². The lowest BCUT2D eigenvalue weighted by Crippen LogP contribution is -2.45.